The van der Waals surface area contributed by atoms with Crippen molar-refractivity contribution in [2.24, 2.45) is 0 Å². The lowest BCUT2D eigenvalue weighted by Gasteiger charge is -2.01. The molecule has 21 heavy (non-hydrogen) atoms. The molecule has 0 unspecified atom stereocenters. The Labute approximate surface area is 121 Å². The fourth-order valence-electron chi connectivity index (χ4n) is 1.70. The number of carbonyl (C=O) groups excluding carboxylic acids is 2. The molecule has 2 rings (SSSR count). The highest BCUT2D eigenvalue weighted by molar-refractivity contribution is 6.01. The first kappa shape index (κ1) is 14.7. The summed E-state index contributed by atoms with van der Waals surface area (Å²) < 4.78 is 9.80. The Morgan fingerprint density at radius 3 is 2.48 bits per heavy atom. The van der Waals surface area contributed by atoms with Gasteiger partial charge in [-0.25, -0.2) is 14.6 Å². The van der Waals surface area contributed by atoms with Crippen molar-refractivity contribution in [1.29, 1.82) is 0 Å². The van der Waals surface area contributed by atoms with Crippen LogP contribution >= 0.6 is 0 Å². The van der Waals surface area contributed by atoms with Crippen molar-refractivity contribution in [2.45, 2.75) is 13.8 Å². The molecule has 0 aliphatic rings. The van der Waals surface area contributed by atoms with E-state index in [1.165, 1.54) is 0 Å². The van der Waals surface area contributed by atoms with Gasteiger partial charge in [-0.15, -0.1) is 0 Å². The van der Waals surface area contributed by atoms with Crippen molar-refractivity contribution in [2.75, 3.05) is 13.2 Å². The lowest BCUT2D eigenvalue weighted by atomic mass is 10.3. The van der Waals surface area contributed by atoms with E-state index in [4.69, 9.17) is 9.47 Å². The SMILES string of the molecule is CCOC(=O)c1nc(-c2ccccn2)[nH]c1C(=O)OCC. The Balaban J connectivity index is 2.44. The van der Waals surface area contributed by atoms with Gasteiger partial charge in [-0.2, -0.15) is 0 Å². The molecule has 0 aromatic carbocycles. The first-order valence-electron chi connectivity index (χ1n) is 6.53. The van der Waals surface area contributed by atoms with Crippen LogP contribution in [0.5, 0.6) is 0 Å². The smallest absolute Gasteiger partial charge is 0.359 e. The van der Waals surface area contributed by atoms with Gasteiger partial charge in [-0.1, -0.05) is 6.07 Å². The zero-order valence-corrected chi connectivity index (χ0v) is 11.8. The maximum absolute atomic E-state index is 11.9. The van der Waals surface area contributed by atoms with E-state index in [1.807, 2.05) is 0 Å². The number of H-pyrrole nitrogens is 1. The maximum atomic E-state index is 11.9. The molecule has 1 N–H and O–H groups in total. The van der Waals surface area contributed by atoms with E-state index < -0.39 is 11.9 Å². The van der Waals surface area contributed by atoms with Gasteiger partial charge in [0.15, 0.2) is 17.2 Å². The Kier molecular flexibility index (Phi) is 4.65. The van der Waals surface area contributed by atoms with Gasteiger partial charge in [-0.05, 0) is 26.0 Å². The number of carbonyl (C=O) groups is 2. The summed E-state index contributed by atoms with van der Waals surface area (Å²) >= 11 is 0. The van der Waals surface area contributed by atoms with Gasteiger partial charge in [0.1, 0.15) is 5.69 Å². The van der Waals surface area contributed by atoms with Gasteiger partial charge >= 0.3 is 11.9 Å². The third-order valence-corrected chi connectivity index (χ3v) is 2.56. The largest absolute Gasteiger partial charge is 0.461 e. The minimum atomic E-state index is -0.681. The van der Waals surface area contributed by atoms with E-state index in [1.54, 1.807) is 38.2 Å². The molecule has 0 amide bonds. The summed E-state index contributed by atoms with van der Waals surface area (Å²) in [6, 6.07) is 5.24. The molecule has 0 saturated carbocycles. The van der Waals surface area contributed by atoms with E-state index in [2.05, 4.69) is 15.0 Å². The number of imidazole rings is 1. The number of nitrogens with one attached hydrogen (secondary N) is 1. The van der Waals surface area contributed by atoms with Crippen molar-refractivity contribution in [3.05, 3.63) is 35.8 Å². The van der Waals surface area contributed by atoms with Crippen LogP contribution in [-0.2, 0) is 9.47 Å². The number of nitrogens with zero attached hydrogens (tertiary/aromatic N) is 2. The van der Waals surface area contributed by atoms with Crippen LogP contribution in [0.15, 0.2) is 24.4 Å². The first-order valence-corrected chi connectivity index (χ1v) is 6.53. The van der Waals surface area contributed by atoms with Crippen molar-refractivity contribution in [3.8, 4) is 11.5 Å². The van der Waals surface area contributed by atoms with Gasteiger partial charge < -0.3 is 14.5 Å². The Hall–Kier alpha value is -2.70. The molecule has 2 aromatic heterocycles. The topological polar surface area (TPSA) is 94.2 Å². The zero-order valence-electron chi connectivity index (χ0n) is 11.8. The first-order chi connectivity index (χ1) is 10.2. The number of aromatic nitrogens is 3. The van der Waals surface area contributed by atoms with Crippen LogP contribution in [-0.4, -0.2) is 40.1 Å². The molecule has 110 valence electrons. The van der Waals surface area contributed by atoms with Crippen LogP contribution in [0.3, 0.4) is 0 Å². The second-order valence-electron chi connectivity index (χ2n) is 3.96. The third kappa shape index (κ3) is 3.25. The standard InChI is InChI=1S/C14H15N3O4/c1-3-20-13(18)10-11(14(19)21-4-2)17-12(16-10)9-7-5-6-8-15-9/h5-8H,3-4H2,1-2H3,(H,16,17). The van der Waals surface area contributed by atoms with Crippen LogP contribution < -0.4 is 0 Å². The van der Waals surface area contributed by atoms with E-state index >= 15 is 0 Å². The minimum Gasteiger partial charge on any atom is -0.461 e. The summed E-state index contributed by atoms with van der Waals surface area (Å²) in [6.45, 7) is 3.73. The molecular weight excluding hydrogens is 274 g/mol. The van der Waals surface area contributed by atoms with Crippen molar-refractivity contribution in [1.82, 2.24) is 15.0 Å². The number of ether oxygens (including phenoxy) is 2. The maximum Gasteiger partial charge on any atom is 0.359 e. The van der Waals surface area contributed by atoms with Gasteiger partial charge in [0.25, 0.3) is 0 Å². The summed E-state index contributed by atoms with van der Waals surface area (Å²) in [4.78, 5) is 34.8. The molecule has 0 fully saturated rings. The highest BCUT2D eigenvalue weighted by Gasteiger charge is 2.25. The Bertz CT molecular complexity index is 601. The molecule has 0 spiro atoms. The number of esters is 2. The van der Waals surface area contributed by atoms with Gasteiger partial charge in [0.2, 0.25) is 0 Å². The molecule has 2 aromatic rings. The predicted molar refractivity (Wildman–Crippen MR) is 73.7 cm³/mol. The van der Waals surface area contributed by atoms with E-state index in [-0.39, 0.29) is 24.6 Å². The lowest BCUT2D eigenvalue weighted by molar-refractivity contribution is 0.0471. The van der Waals surface area contributed by atoms with Gasteiger partial charge in [0, 0.05) is 6.20 Å². The summed E-state index contributed by atoms with van der Waals surface area (Å²) in [6.07, 6.45) is 1.59. The molecule has 0 bridgehead atoms. The van der Waals surface area contributed by atoms with Crippen molar-refractivity contribution < 1.29 is 19.1 Å². The summed E-state index contributed by atoms with van der Waals surface area (Å²) in [5.74, 6) is -1.03. The van der Waals surface area contributed by atoms with E-state index in [9.17, 15) is 9.59 Å². The molecule has 0 saturated heterocycles. The minimum absolute atomic E-state index is 0.0315. The van der Waals surface area contributed by atoms with Crippen LogP contribution in [0.4, 0.5) is 0 Å². The number of rotatable bonds is 5. The van der Waals surface area contributed by atoms with E-state index in [0.29, 0.717) is 11.5 Å². The van der Waals surface area contributed by atoms with E-state index in [0.717, 1.165) is 0 Å². The fourth-order valence-corrected chi connectivity index (χ4v) is 1.70. The summed E-state index contributed by atoms with van der Waals surface area (Å²) in [7, 11) is 0. The quantitative estimate of drug-likeness (QED) is 0.844. The Morgan fingerprint density at radius 2 is 1.86 bits per heavy atom. The van der Waals surface area contributed by atoms with Crippen LogP contribution in [0.2, 0.25) is 0 Å². The molecule has 0 aliphatic carbocycles. The predicted octanol–water partition coefficient (Wildman–Crippen LogP) is 1.83. The number of hydrogen-bond acceptors (Lipinski definition) is 6. The molecule has 7 nitrogen and oxygen atoms in total. The average Bonchev–Trinajstić information content (AvgIpc) is 2.94. The van der Waals surface area contributed by atoms with Gasteiger partial charge in [0.05, 0.1) is 13.2 Å². The van der Waals surface area contributed by atoms with Crippen LogP contribution in [0.1, 0.15) is 34.8 Å². The highest BCUT2D eigenvalue weighted by atomic mass is 16.5. The number of hydrogen-bond donors (Lipinski definition) is 1. The molecule has 2 heterocycles. The molecule has 7 heteroatoms. The van der Waals surface area contributed by atoms with Crippen LogP contribution in [0.25, 0.3) is 11.5 Å². The zero-order chi connectivity index (χ0) is 15.2. The second kappa shape index (κ2) is 6.65. The van der Waals surface area contributed by atoms with Gasteiger partial charge in [-0.3, -0.25) is 4.98 Å². The summed E-state index contributed by atoms with van der Waals surface area (Å²) in [5.41, 5.74) is 0.380. The molecule has 0 radical (unpaired) electrons. The molecule has 0 atom stereocenters. The average molecular weight is 289 g/mol. The highest BCUT2D eigenvalue weighted by Crippen LogP contribution is 2.17. The second-order valence-corrected chi connectivity index (χ2v) is 3.96. The number of pyridine rings is 1. The van der Waals surface area contributed by atoms with Crippen molar-refractivity contribution in [3.63, 3.8) is 0 Å². The normalized spacial score (nSPS) is 10.2. The molecular formula is C14H15N3O4. The number of aromatic amines is 1. The van der Waals surface area contributed by atoms with Crippen molar-refractivity contribution >= 4 is 11.9 Å². The third-order valence-electron chi connectivity index (χ3n) is 2.56. The monoisotopic (exact) mass is 289 g/mol. The van der Waals surface area contributed by atoms with Crippen LogP contribution in [0, 0.1) is 0 Å². The fraction of sp³-hybridized carbons (Fsp3) is 0.286. The summed E-state index contributed by atoms with van der Waals surface area (Å²) in [5, 5.41) is 0. The Morgan fingerprint density at radius 1 is 1.14 bits per heavy atom. The lowest BCUT2D eigenvalue weighted by Crippen LogP contribution is -2.13. The molecule has 0 aliphatic heterocycles.